The summed E-state index contributed by atoms with van der Waals surface area (Å²) in [5.41, 5.74) is 0. The largest absolute Gasteiger partial charge is 0.388 e. The van der Waals surface area contributed by atoms with E-state index < -0.39 is 6.10 Å². The Bertz CT molecular complexity index is 224. The molecule has 0 amide bonds. The van der Waals surface area contributed by atoms with Crippen molar-refractivity contribution in [1.29, 1.82) is 0 Å². The van der Waals surface area contributed by atoms with E-state index in [1.165, 1.54) is 0 Å². The lowest BCUT2D eigenvalue weighted by Crippen LogP contribution is -2.22. The van der Waals surface area contributed by atoms with Crippen LogP contribution in [0.25, 0.3) is 0 Å². The van der Waals surface area contributed by atoms with Crippen LogP contribution in [0.15, 0.2) is 12.4 Å². The molecule has 0 radical (unpaired) electrons. The lowest BCUT2D eigenvalue weighted by Gasteiger charge is -2.10. The van der Waals surface area contributed by atoms with Crippen LogP contribution < -0.4 is 0 Å². The van der Waals surface area contributed by atoms with E-state index in [-0.39, 0.29) is 6.04 Å². The number of aromatic nitrogens is 3. The van der Waals surface area contributed by atoms with Crippen molar-refractivity contribution in [3.63, 3.8) is 0 Å². The SMILES string of the molecule is O[C@@H]1COC[C@@H]1n1ccnn1. The third-order valence-electron chi connectivity index (χ3n) is 1.80. The van der Waals surface area contributed by atoms with Crippen LogP contribution in [0.5, 0.6) is 0 Å². The van der Waals surface area contributed by atoms with E-state index >= 15 is 0 Å². The zero-order valence-corrected chi connectivity index (χ0v) is 5.92. The Kier molecular flexibility index (Phi) is 1.59. The minimum absolute atomic E-state index is 0.0579. The van der Waals surface area contributed by atoms with Crippen LogP contribution in [0, 0.1) is 0 Å². The number of nitrogens with zero attached hydrogens (tertiary/aromatic N) is 3. The van der Waals surface area contributed by atoms with Gasteiger partial charge in [0.05, 0.1) is 19.4 Å². The molecule has 11 heavy (non-hydrogen) atoms. The van der Waals surface area contributed by atoms with Gasteiger partial charge in [0.25, 0.3) is 0 Å². The average Bonchev–Trinajstić information content (AvgIpc) is 2.55. The van der Waals surface area contributed by atoms with E-state index in [1.54, 1.807) is 17.1 Å². The normalized spacial score (nSPS) is 31.0. The Labute approximate surface area is 63.6 Å². The van der Waals surface area contributed by atoms with Gasteiger partial charge in [-0.05, 0) is 0 Å². The second kappa shape index (κ2) is 2.60. The van der Waals surface area contributed by atoms with Crippen LogP contribution in [-0.4, -0.2) is 39.4 Å². The maximum atomic E-state index is 9.35. The molecular formula is C6H9N3O2. The summed E-state index contributed by atoms with van der Waals surface area (Å²) in [6, 6.07) is -0.0579. The smallest absolute Gasteiger partial charge is 0.105 e. The highest BCUT2D eigenvalue weighted by Crippen LogP contribution is 2.17. The monoisotopic (exact) mass is 155 g/mol. The molecule has 0 bridgehead atoms. The van der Waals surface area contributed by atoms with E-state index in [9.17, 15) is 5.11 Å². The summed E-state index contributed by atoms with van der Waals surface area (Å²) >= 11 is 0. The second-order valence-corrected chi connectivity index (χ2v) is 2.56. The van der Waals surface area contributed by atoms with E-state index in [0.29, 0.717) is 13.2 Å². The summed E-state index contributed by atoms with van der Waals surface area (Å²) in [6.45, 7) is 0.912. The molecule has 1 N–H and O–H groups in total. The summed E-state index contributed by atoms with van der Waals surface area (Å²) < 4.78 is 6.68. The topological polar surface area (TPSA) is 60.2 Å². The van der Waals surface area contributed by atoms with Crippen LogP contribution in [0.3, 0.4) is 0 Å². The van der Waals surface area contributed by atoms with Crippen LogP contribution in [-0.2, 0) is 4.74 Å². The van der Waals surface area contributed by atoms with Gasteiger partial charge in [0.15, 0.2) is 0 Å². The summed E-state index contributed by atoms with van der Waals surface area (Å²) in [4.78, 5) is 0. The van der Waals surface area contributed by atoms with Gasteiger partial charge in [0.2, 0.25) is 0 Å². The van der Waals surface area contributed by atoms with E-state index in [2.05, 4.69) is 10.3 Å². The van der Waals surface area contributed by atoms with Gasteiger partial charge >= 0.3 is 0 Å². The molecule has 0 spiro atoms. The van der Waals surface area contributed by atoms with Crippen molar-refractivity contribution in [2.45, 2.75) is 12.1 Å². The molecule has 2 atom stereocenters. The molecule has 5 heteroatoms. The predicted molar refractivity (Wildman–Crippen MR) is 35.9 cm³/mol. The zero-order valence-electron chi connectivity index (χ0n) is 5.92. The molecule has 1 saturated heterocycles. The fourth-order valence-electron chi connectivity index (χ4n) is 1.18. The number of ether oxygens (including phenoxy) is 1. The zero-order chi connectivity index (χ0) is 7.68. The summed E-state index contributed by atoms with van der Waals surface area (Å²) in [7, 11) is 0. The average molecular weight is 155 g/mol. The maximum Gasteiger partial charge on any atom is 0.105 e. The van der Waals surface area contributed by atoms with Crippen molar-refractivity contribution in [1.82, 2.24) is 15.0 Å². The second-order valence-electron chi connectivity index (χ2n) is 2.56. The van der Waals surface area contributed by atoms with Crippen LogP contribution in [0.2, 0.25) is 0 Å². The van der Waals surface area contributed by atoms with Gasteiger partial charge < -0.3 is 9.84 Å². The Hall–Kier alpha value is -0.940. The van der Waals surface area contributed by atoms with Gasteiger partial charge in [-0.15, -0.1) is 5.10 Å². The molecular weight excluding hydrogens is 146 g/mol. The maximum absolute atomic E-state index is 9.35. The predicted octanol–water partition coefficient (Wildman–Crippen LogP) is -0.790. The number of rotatable bonds is 1. The van der Waals surface area contributed by atoms with Crippen molar-refractivity contribution in [3.05, 3.63) is 12.4 Å². The van der Waals surface area contributed by atoms with Gasteiger partial charge in [0, 0.05) is 6.20 Å². The summed E-state index contributed by atoms with van der Waals surface area (Å²) in [6.07, 6.45) is 2.87. The molecule has 1 aromatic heterocycles. The Morgan fingerprint density at radius 2 is 2.45 bits per heavy atom. The Morgan fingerprint density at radius 1 is 1.55 bits per heavy atom. The minimum Gasteiger partial charge on any atom is -0.388 e. The third-order valence-corrected chi connectivity index (χ3v) is 1.80. The van der Waals surface area contributed by atoms with Gasteiger partial charge in [0.1, 0.15) is 12.1 Å². The molecule has 1 fully saturated rings. The third kappa shape index (κ3) is 1.12. The Morgan fingerprint density at radius 3 is 3.00 bits per heavy atom. The number of hydrogen-bond acceptors (Lipinski definition) is 4. The Balaban J connectivity index is 2.16. The molecule has 0 saturated carbocycles. The molecule has 0 unspecified atom stereocenters. The van der Waals surface area contributed by atoms with E-state index in [4.69, 9.17) is 4.74 Å². The molecule has 2 rings (SSSR count). The van der Waals surface area contributed by atoms with Crippen molar-refractivity contribution < 1.29 is 9.84 Å². The number of hydrogen-bond donors (Lipinski definition) is 1. The lowest BCUT2D eigenvalue weighted by molar-refractivity contribution is 0.117. The molecule has 5 nitrogen and oxygen atoms in total. The minimum atomic E-state index is -0.448. The van der Waals surface area contributed by atoms with Crippen LogP contribution in [0.1, 0.15) is 6.04 Å². The van der Waals surface area contributed by atoms with Gasteiger partial charge in [-0.1, -0.05) is 5.21 Å². The number of aliphatic hydroxyl groups is 1. The van der Waals surface area contributed by atoms with Crippen molar-refractivity contribution in [2.75, 3.05) is 13.2 Å². The fraction of sp³-hybridized carbons (Fsp3) is 0.667. The first-order valence-electron chi connectivity index (χ1n) is 3.49. The first-order valence-corrected chi connectivity index (χ1v) is 3.49. The van der Waals surface area contributed by atoms with Gasteiger partial charge in [-0.2, -0.15) is 0 Å². The molecule has 0 aliphatic carbocycles. The van der Waals surface area contributed by atoms with Crippen LogP contribution in [0.4, 0.5) is 0 Å². The van der Waals surface area contributed by atoms with Crippen LogP contribution >= 0.6 is 0 Å². The summed E-state index contributed by atoms with van der Waals surface area (Å²) in [5, 5.41) is 16.8. The molecule has 1 aliphatic heterocycles. The molecule has 2 heterocycles. The van der Waals surface area contributed by atoms with Crippen molar-refractivity contribution >= 4 is 0 Å². The fourth-order valence-corrected chi connectivity index (χ4v) is 1.18. The highest BCUT2D eigenvalue weighted by molar-refractivity contribution is 4.81. The van der Waals surface area contributed by atoms with Gasteiger partial charge in [-0.3, -0.25) is 0 Å². The molecule has 0 aromatic carbocycles. The van der Waals surface area contributed by atoms with Crippen molar-refractivity contribution in [2.24, 2.45) is 0 Å². The highest BCUT2D eigenvalue weighted by atomic mass is 16.5. The number of aliphatic hydroxyl groups excluding tert-OH is 1. The lowest BCUT2D eigenvalue weighted by atomic mass is 10.2. The van der Waals surface area contributed by atoms with Gasteiger partial charge in [-0.25, -0.2) is 4.68 Å². The standard InChI is InChI=1S/C6H9N3O2/c10-6-4-11-3-5(6)9-2-1-7-8-9/h1-2,5-6,10H,3-4H2/t5-,6+/m0/s1. The quantitative estimate of drug-likeness (QED) is 0.577. The summed E-state index contributed by atoms with van der Waals surface area (Å²) in [5.74, 6) is 0. The first kappa shape index (κ1) is 6.75. The highest BCUT2D eigenvalue weighted by Gasteiger charge is 2.27. The van der Waals surface area contributed by atoms with E-state index in [0.717, 1.165) is 0 Å². The molecule has 1 aromatic rings. The molecule has 1 aliphatic rings. The van der Waals surface area contributed by atoms with E-state index in [1.807, 2.05) is 0 Å². The van der Waals surface area contributed by atoms with Crippen molar-refractivity contribution in [3.8, 4) is 0 Å². The molecule has 60 valence electrons. The first-order chi connectivity index (χ1) is 5.38.